The Balaban J connectivity index is 1.56. The molecule has 0 bridgehead atoms. The average Bonchev–Trinajstić information content (AvgIpc) is 3.18. The molecule has 4 rings (SSSR count). The summed E-state index contributed by atoms with van der Waals surface area (Å²) in [7, 11) is 0. The van der Waals surface area contributed by atoms with Crippen LogP contribution < -0.4 is 5.32 Å². The van der Waals surface area contributed by atoms with Gasteiger partial charge in [-0.2, -0.15) is 5.10 Å². The van der Waals surface area contributed by atoms with Gasteiger partial charge in [0.2, 0.25) is 0 Å². The maximum Gasteiger partial charge on any atom is 0.0650 e. The van der Waals surface area contributed by atoms with Crippen LogP contribution in [0.25, 0.3) is 5.69 Å². The fraction of sp³-hybridized carbons (Fsp3) is 0.286. The highest BCUT2D eigenvalue weighted by Crippen LogP contribution is 2.26. The normalized spacial score (nSPS) is 13.1. The molecule has 2 aromatic carbocycles. The Morgan fingerprint density at radius 2 is 1.79 bits per heavy atom. The zero-order valence-corrected chi connectivity index (χ0v) is 14.3. The van der Waals surface area contributed by atoms with Crippen molar-refractivity contribution in [3.05, 3.63) is 76.6 Å². The minimum Gasteiger partial charge on any atom is -0.381 e. The van der Waals surface area contributed by atoms with Crippen molar-refractivity contribution < 1.29 is 0 Å². The van der Waals surface area contributed by atoms with Crippen LogP contribution in [0.15, 0.2) is 48.5 Å². The lowest BCUT2D eigenvalue weighted by Gasteiger charge is -2.09. The summed E-state index contributed by atoms with van der Waals surface area (Å²) in [6.45, 7) is 5.04. The molecule has 3 nitrogen and oxygen atoms in total. The minimum absolute atomic E-state index is 0.809. The SMILES string of the molecule is Cc1nn(-c2ccccc2)c(C)c1CNc1ccc2c(c1)CCC2. The standard InChI is InChI=1S/C21H23N3/c1-15-21(16(2)24(23-15)20-9-4-3-5-10-20)14-22-19-12-11-17-7-6-8-18(17)13-19/h3-5,9-13,22H,6-8,14H2,1-2H3. The first kappa shape index (κ1) is 15.0. The number of aryl methyl sites for hydroxylation is 3. The molecule has 0 aliphatic heterocycles. The van der Waals surface area contributed by atoms with E-state index in [1.807, 2.05) is 22.9 Å². The maximum absolute atomic E-state index is 4.73. The van der Waals surface area contributed by atoms with Gasteiger partial charge in [0, 0.05) is 23.5 Å². The summed E-state index contributed by atoms with van der Waals surface area (Å²) in [6.07, 6.45) is 3.74. The maximum atomic E-state index is 4.73. The third-order valence-corrected chi connectivity index (χ3v) is 5.01. The van der Waals surface area contributed by atoms with Gasteiger partial charge in [-0.1, -0.05) is 24.3 Å². The van der Waals surface area contributed by atoms with E-state index in [4.69, 9.17) is 5.10 Å². The second-order valence-corrected chi connectivity index (χ2v) is 6.59. The highest BCUT2D eigenvalue weighted by molar-refractivity contribution is 5.51. The molecule has 0 fully saturated rings. The molecule has 0 radical (unpaired) electrons. The van der Waals surface area contributed by atoms with Crippen molar-refractivity contribution in [3.63, 3.8) is 0 Å². The van der Waals surface area contributed by atoms with E-state index in [0.29, 0.717) is 0 Å². The molecule has 1 N–H and O–H groups in total. The van der Waals surface area contributed by atoms with Crippen LogP contribution >= 0.6 is 0 Å². The number of hydrogen-bond acceptors (Lipinski definition) is 2. The van der Waals surface area contributed by atoms with Crippen molar-refractivity contribution in [3.8, 4) is 5.69 Å². The number of para-hydroxylation sites is 1. The third kappa shape index (κ3) is 2.71. The van der Waals surface area contributed by atoms with Gasteiger partial charge in [-0.15, -0.1) is 0 Å². The zero-order valence-electron chi connectivity index (χ0n) is 14.3. The van der Waals surface area contributed by atoms with Crippen molar-refractivity contribution in [1.29, 1.82) is 0 Å². The molecule has 0 spiro atoms. The molecule has 1 aliphatic rings. The van der Waals surface area contributed by atoms with Gasteiger partial charge in [0.1, 0.15) is 0 Å². The van der Waals surface area contributed by atoms with E-state index >= 15 is 0 Å². The van der Waals surface area contributed by atoms with Gasteiger partial charge in [0.25, 0.3) is 0 Å². The largest absolute Gasteiger partial charge is 0.381 e. The topological polar surface area (TPSA) is 29.9 Å². The first-order valence-corrected chi connectivity index (χ1v) is 8.68. The number of rotatable bonds is 4. The Kier molecular flexibility index (Phi) is 3.85. The molecular weight excluding hydrogens is 294 g/mol. The van der Waals surface area contributed by atoms with E-state index in [2.05, 4.69) is 49.5 Å². The fourth-order valence-corrected chi connectivity index (χ4v) is 3.62. The van der Waals surface area contributed by atoms with Gasteiger partial charge in [-0.3, -0.25) is 0 Å². The minimum atomic E-state index is 0.809. The van der Waals surface area contributed by atoms with Crippen LogP contribution in [0, 0.1) is 13.8 Å². The lowest BCUT2D eigenvalue weighted by molar-refractivity contribution is 0.833. The van der Waals surface area contributed by atoms with Crippen LogP contribution in [-0.2, 0) is 19.4 Å². The number of aromatic nitrogens is 2. The molecule has 0 saturated heterocycles. The van der Waals surface area contributed by atoms with E-state index in [1.54, 1.807) is 0 Å². The predicted octanol–water partition coefficient (Wildman–Crippen LogP) is 4.59. The number of anilines is 1. The molecular formula is C21H23N3. The summed E-state index contributed by atoms with van der Waals surface area (Å²) >= 11 is 0. The summed E-state index contributed by atoms with van der Waals surface area (Å²) in [4.78, 5) is 0. The highest BCUT2D eigenvalue weighted by Gasteiger charge is 2.14. The molecule has 1 aliphatic carbocycles. The molecule has 1 heterocycles. The number of hydrogen-bond donors (Lipinski definition) is 1. The second-order valence-electron chi connectivity index (χ2n) is 6.59. The number of benzene rings is 2. The zero-order chi connectivity index (χ0) is 16.5. The van der Waals surface area contributed by atoms with Gasteiger partial charge in [-0.05, 0) is 68.5 Å². The van der Waals surface area contributed by atoms with E-state index in [0.717, 1.165) is 17.9 Å². The summed E-state index contributed by atoms with van der Waals surface area (Å²) in [6, 6.07) is 17.1. The Morgan fingerprint density at radius 1 is 1.00 bits per heavy atom. The van der Waals surface area contributed by atoms with Crippen LogP contribution in [0.3, 0.4) is 0 Å². The first-order valence-electron chi connectivity index (χ1n) is 8.68. The van der Waals surface area contributed by atoms with Gasteiger partial charge >= 0.3 is 0 Å². The summed E-state index contributed by atoms with van der Waals surface area (Å²) in [5.41, 5.74) is 8.92. The smallest absolute Gasteiger partial charge is 0.0650 e. The van der Waals surface area contributed by atoms with Gasteiger partial charge in [0.05, 0.1) is 11.4 Å². The summed E-state index contributed by atoms with van der Waals surface area (Å²) < 4.78 is 2.04. The lowest BCUT2D eigenvalue weighted by atomic mass is 10.1. The molecule has 3 aromatic rings. The third-order valence-electron chi connectivity index (χ3n) is 5.01. The van der Waals surface area contributed by atoms with Crippen LogP contribution in [0.1, 0.15) is 34.5 Å². The Hall–Kier alpha value is -2.55. The molecule has 0 atom stereocenters. The Morgan fingerprint density at radius 3 is 2.62 bits per heavy atom. The van der Waals surface area contributed by atoms with Gasteiger partial charge in [-0.25, -0.2) is 4.68 Å². The average molecular weight is 317 g/mol. The highest BCUT2D eigenvalue weighted by atomic mass is 15.3. The molecule has 1 aromatic heterocycles. The van der Waals surface area contributed by atoms with E-state index in [-0.39, 0.29) is 0 Å². The number of fused-ring (bicyclic) bond motifs is 1. The van der Waals surface area contributed by atoms with Crippen LogP contribution in [0.2, 0.25) is 0 Å². The Labute approximate surface area is 143 Å². The van der Waals surface area contributed by atoms with Gasteiger partial charge < -0.3 is 5.32 Å². The van der Waals surface area contributed by atoms with Crippen molar-refractivity contribution in [1.82, 2.24) is 9.78 Å². The van der Waals surface area contributed by atoms with Crippen LogP contribution in [0.5, 0.6) is 0 Å². The second kappa shape index (κ2) is 6.16. The van der Waals surface area contributed by atoms with E-state index < -0.39 is 0 Å². The summed E-state index contributed by atoms with van der Waals surface area (Å²) in [5, 5.41) is 8.31. The van der Waals surface area contributed by atoms with Crippen molar-refractivity contribution >= 4 is 5.69 Å². The Bertz CT molecular complexity index is 862. The molecule has 3 heteroatoms. The molecule has 0 amide bonds. The quantitative estimate of drug-likeness (QED) is 0.762. The van der Waals surface area contributed by atoms with Crippen LogP contribution in [0.4, 0.5) is 5.69 Å². The fourth-order valence-electron chi connectivity index (χ4n) is 3.62. The summed E-state index contributed by atoms with van der Waals surface area (Å²) in [5.74, 6) is 0. The molecule has 0 unspecified atom stereocenters. The van der Waals surface area contributed by atoms with Crippen molar-refractivity contribution in [2.75, 3.05) is 5.32 Å². The predicted molar refractivity (Wildman–Crippen MR) is 98.8 cm³/mol. The number of nitrogens with one attached hydrogen (secondary N) is 1. The van der Waals surface area contributed by atoms with Crippen LogP contribution in [-0.4, -0.2) is 9.78 Å². The first-order chi connectivity index (χ1) is 11.7. The molecule has 24 heavy (non-hydrogen) atoms. The molecule has 0 saturated carbocycles. The van der Waals surface area contributed by atoms with E-state index in [9.17, 15) is 0 Å². The van der Waals surface area contributed by atoms with Crippen molar-refractivity contribution in [2.45, 2.75) is 39.7 Å². The molecule has 122 valence electrons. The van der Waals surface area contributed by atoms with E-state index in [1.165, 1.54) is 47.3 Å². The number of nitrogens with zero attached hydrogens (tertiary/aromatic N) is 2. The monoisotopic (exact) mass is 317 g/mol. The lowest BCUT2D eigenvalue weighted by Crippen LogP contribution is -2.03. The van der Waals surface area contributed by atoms with Gasteiger partial charge in [0.15, 0.2) is 0 Å². The van der Waals surface area contributed by atoms with Crippen molar-refractivity contribution in [2.24, 2.45) is 0 Å².